The standard InChI is InChI=1S/C17H21ClN6O3S/c1-8-11(18)17(28-24-8)23-14(25)9-3-5-10(6-4-9)22-16(27)13-12(15(26)19-2)20-7-21-13/h7,9-10H,3-6H2,1-2H3,(H,19,26)(H,20,21)(H,22,27)(H,23,25)/t9-,10-. The number of H-pyrrole nitrogens is 1. The molecule has 2 heterocycles. The van der Waals surface area contributed by atoms with Gasteiger partial charge in [0.2, 0.25) is 5.91 Å². The van der Waals surface area contributed by atoms with Gasteiger partial charge in [-0.2, -0.15) is 4.37 Å². The first-order chi connectivity index (χ1) is 13.4. The molecule has 1 saturated carbocycles. The molecule has 4 N–H and O–H groups in total. The van der Waals surface area contributed by atoms with Crippen molar-refractivity contribution in [2.75, 3.05) is 12.4 Å². The van der Waals surface area contributed by atoms with Gasteiger partial charge in [-0.1, -0.05) is 11.6 Å². The summed E-state index contributed by atoms with van der Waals surface area (Å²) in [6.45, 7) is 1.79. The molecular formula is C17H21ClN6O3S. The number of amides is 3. The second kappa shape index (κ2) is 8.70. The van der Waals surface area contributed by atoms with E-state index in [9.17, 15) is 14.4 Å². The number of hydrogen-bond acceptors (Lipinski definition) is 6. The summed E-state index contributed by atoms with van der Waals surface area (Å²) in [6, 6.07) is -0.0633. The number of nitrogens with zero attached hydrogens (tertiary/aromatic N) is 2. The van der Waals surface area contributed by atoms with Crippen LogP contribution < -0.4 is 16.0 Å². The van der Waals surface area contributed by atoms with Gasteiger partial charge in [-0.15, -0.1) is 0 Å². The van der Waals surface area contributed by atoms with Gasteiger partial charge in [-0.3, -0.25) is 14.4 Å². The van der Waals surface area contributed by atoms with E-state index in [2.05, 4.69) is 30.3 Å². The van der Waals surface area contributed by atoms with Crippen LogP contribution in [0.2, 0.25) is 5.02 Å². The van der Waals surface area contributed by atoms with Gasteiger partial charge in [0.05, 0.1) is 17.0 Å². The minimum Gasteiger partial charge on any atom is -0.354 e. The topological polar surface area (TPSA) is 129 Å². The van der Waals surface area contributed by atoms with E-state index < -0.39 is 5.91 Å². The molecular weight excluding hydrogens is 404 g/mol. The van der Waals surface area contributed by atoms with E-state index in [4.69, 9.17) is 11.6 Å². The molecule has 3 amide bonds. The Balaban J connectivity index is 1.52. The van der Waals surface area contributed by atoms with Crippen LogP contribution in [0.4, 0.5) is 5.00 Å². The Hall–Kier alpha value is -2.46. The third-order valence-corrected chi connectivity index (χ3v) is 6.20. The number of carbonyl (C=O) groups is 3. The average molecular weight is 425 g/mol. The molecule has 2 aromatic rings. The van der Waals surface area contributed by atoms with Crippen molar-refractivity contribution in [1.82, 2.24) is 25.0 Å². The fourth-order valence-electron chi connectivity index (χ4n) is 3.17. The molecule has 0 radical (unpaired) electrons. The molecule has 1 aliphatic rings. The lowest BCUT2D eigenvalue weighted by Crippen LogP contribution is -2.40. The van der Waals surface area contributed by atoms with E-state index in [-0.39, 0.29) is 35.2 Å². The first kappa shape index (κ1) is 20.3. The van der Waals surface area contributed by atoms with Gasteiger partial charge < -0.3 is 20.9 Å². The number of halogens is 1. The number of rotatable bonds is 5. The average Bonchev–Trinajstić information content (AvgIpc) is 3.30. The molecule has 1 aliphatic carbocycles. The monoisotopic (exact) mass is 424 g/mol. The second-order valence-electron chi connectivity index (χ2n) is 6.63. The molecule has 11 heteroatoms. The van der Waals surface area contributed by atoms with Crippen LogP contribution in [0, 0.1) is 12.8 Å². The largest absolute Gasteiger partial charge is 0.354 e. The molecule has 1 fully saturated rings. The first-order valence-corrected chi connectivity index (χ1v) is 10.0. The molecule has 0 atom stereocenters. The quantitative estimate of drug-likeness (QED) is 0.584. The molecule has 2 aromatic heterocycles. The molecule has 3 rings (SSSR count). The Morgan fingerprint density at radius 1 is 1.21 bits per heavy atom. The summed E-state index contributed by atoms with van der Waals surface area (Å²) in [6.07, 6.45) is 3.95. The zero-order chi connectivity index (χ0) is 20.3. The van der Waals surface area contributed by atoms with Gasteiger partial charge >= 0.3 is 0 Å². The van der Waals surface area contributed by atoms with E-state index >= 15 is 0 Å². The van der Waals surface area contributed by atoms with Crippen molar-refractivity contribution in [2.45, 2.75) is 38.6 Å². The fourth-order valence-corrected chi connectivity index (χ4v) is 4.10. The van der Waals surface area contributed by atoms with Crippen molar-refractivity contribution >= 4 is 45.9 Å². The number of aromatic amines is 1. The first-order valence-electron chi connectivity index (χ1n) is 8.89. The van der Waals surface area contributed by atoms with Gasteiger partial charge in [-0.25, -0.2) is 4.98 Å². The highest BCUT2D eigenvalue weighted by Crippen LogP contribution is 2.31. The highest BCUT2D eigenvalue weighted by molar-refractivity contribution is 7.11. The van der Waals surface area contributed by atoms with Gasteiger partial charge in [0.1, 0.15) is 10.7 Å². The van der Waals surface area contributed by atoms with Crippen LogP contribution in [0.25, 0.3) is 0 Å². The lowest BCUT2D eigenvalue weighted by Gasteiger charge is -2.28. The maximum absolute atomic E-state index is 12.5. The summed E-state index contributed by atoms with van der Waals surface area (Å²) in [5.41, 5.74) is 0.891. The molecule has 0 spiro atoms. The molecule has 28 heavy (non-hydrogen) atoms. The fraction of sp³-hybridized carbons (Fsp3) is 0.471. The minimum absolute atomic E-state index is 0.0600. The van der Waals surface area contributed by atoms with E-state index in [1.54, 1.807) is 6.92 Å². The molecule has 0 unspecified atom stereocenters. The second-order valence-corrected chi connectivity index (χ2v) is 7.78. The Morgan fingerprint density at radius 2 is 1.93 bits per heavy atom. The van der Waals surface area contributed by atoms with Crippen molar-refractivity contribution in [2.24, 2.45) is 5.92 Å². The zero-order valence-electron chi connectivity index (χ0n) is 15.5. The van der Waals surface area contributed by atoms with Crippen LogP contribution in [-0.2, 0) is 4.79 Å². The van der Waals surface area contributed by atoms with Crippen molar-refractivity contribution < 1.29 is 14.4 Å². The van der Waals surface area contributed by atoms with Crippen LogP contribution in [0.3, 0.4) is 0 Å². The maximum atomic E-state index is 12.5. The number of imidazole rings is 1. The van der Waals surface area contributed by atoms with Gasteiger partial charge in [0.15, 0.2) is 5.69 Å². The van der Waals surface area contributed by atoms with Gasteiger partial charge in [0, 0.05) is 19.0 Å². The van der Waals surface area contributed by atoms with Crippen molar-refractivity contribution in [1.29, 1.82) is 0 Å². The Labute approximate surface area is 170 Å². The number of anilines is 1. The van der Waals surface area contributed by atoms with Crippen LogP contribution in [0.5, 0.6) is 0 Å². The van der Waals surface area contributed by atoms with Crippen LogP contribution in [0.15, 0.2) is 6.33 Å². The molecule has 9 nitrogen and oxygen atoms in total. The van der Waals surface area contributed by atoms with Crippen LogP contribution >= 0.6 is 23.1 Å². The smallest absolute Gasteiger partial charge is 0.272 e. The highest BCUT2D eigenvalue weighted by atomic mass is 35.5. The number of aromatic nitrogens is 3. The summed E-state index contributed by atoms with van der Waals surface area (Å²) in [4.78, 5) is 43.3. The summed E-state index contributed by atoms with van der Waals surface area (Å²) in [7, 11) is 1.48. The minimum atomic E-state index is -0.427. The van der Waals surface area contributed by atoms with E-state index in [1.807, 2.05) is 0 Å². The van der Waals surface area contributed by atoms with Crippen molar-refractivity contribution in [3.8, 4) is 0 Å². The summed E-state index contributed by atoms with van der Waals surface area (Å²) >= 11 is 7.28. The number of hydrogen-bond donors (Lipinski definition) is 4. The Kier molecular flexibility index (Phi) is 6.30. The van der Waals surface area contributed by atoms with E-state index in [0.29, 0.717) is 41.4 Å². The summed E-state index contributed by atoms with van der Waals surface area (Å²) < 4.78 is 4.12. The number of aryl methyl sites for hydroxylation is 1. The van der Waals surface area contributed by atoms with Gasteiger partial charge in [0.25, 0.3) is 11.8 Å². The normalized spacial score (nSPS) is 19.1. The predicted octanol–water partition coefficient (Wildman–Crippen LogP) is 2.11. The third kappa shape index (κ3) is 4.33. The van der Waals surface area contributed by atoms with Gasteiger partial charge in [-0.05, 0) is 44.1 Å². The predicted molar refractivity (Wildman–Crippen MR) is 106 cm³/mol. The number of nitrogens with one attached hydrogen (secondary N) is 4. The summed E-state index contributed by atoms with van der Waals surface area (Å²) in [5.74, 6) is -1.02. The molecule has 0 aromatic carbocycles. The lowest BCUT2D eigenvalue weighted by atomic mass is 9.85. The molecule has 150 valence electrons. The highest BCUT2D eigenvalue weighted by Gasteiger charge is 2.29. The molecule has 0 saturated heterocycles. The summed E-state index contributed by atoms with van der Waals surface area (Å²) in [5, 5.41) is 9.26. The van der Waals surface area contributed by atoms with E-state index in [0.717, 1.165) is 0 Å². The molecule has 0 aliphatic heterocycles. The number of carbonyl (C=O) groups excluding carboxylic acids is 3. The molecule has 0 bridgehead atoms. The lowest BCUT2D eigenvalue weighted by molar-refractivity contribution is -0.120. The van der Waals surface area contributed by atoms with E-state index in [1.165, 1.54) is 24.9 Å². The maximum Gasteiger partial charge on any atom is 0.272 e. The SMILES string of the molecule is CNC(=O)c1nc[nH]c1C(=O)N[C@H]1CC[C@H](C(=O)Nc2snc(C)c2Cl)CC1. The zero-order valence-corrected chi connectivity index (χ0v) is 17.0. The van der Waals surface area contributed by atoms with Crippen molar-refractivity contribution in [3.05, 3.63) is 28.4 Å². The Bertz CT molecular complexity index is 887. The van der Waals surface area contributed by atoms with Crippen molar-refractivity contribution in [3.63, 3.8) is 0 Å². The van der Waals surface area contributed by atoms with Crippen LogP contribution in [0.1, 0.15) is 52.4 Å². The Morgan fingerprint density at radius 3 is 2.54 bits per heavy atom. The third-order valence-electron chi connectivity index (χ3n) is 4.77. The van der Waals surface area contributed by atoms with Crippen LogP contribution in [-0.4, -0.2) is 45.2 Å².